The summed E-state index contributed by atoms with van der Waals surface area (Å²) in [6, 6.07) is 8.47. The van der Waals surface area contributed by atoms with Crippen LogP contribution in [0.4, 0.5) is 11.5 Å². The standard InChI is InChI=1S/C19H26N4O2/c1-14(2)25-19-13-20-12-18(22-19)23-10-8-15(9-11-23)21-16-6-4-5-7-17(16)24-3/h4-7,12-15,21H,8-11H2,1-3H3. The summed E-state index contributed by atoms with van der Waals surface area (Å²) >= 11 is 0. The average Bonchev–Trinajstić information content (AvgIpc) is 2.62. The number of hydrogen-bond donors (Lipinski definition) is 1. The molecule has 1 aromatic heterocycles. The number of nitrogens with zero attached hydrogens (tertiary/aromatic N) is 3. The van der Waals surface area contributed by atoms with Gasteiger partial charge in [-0.05, 0) is 38.8 Å². The smallest absolute Gasteiger partial charge is 0.234 e. The highest BCUT2D eigenvalue weighted by molar-refractivity contribution is 5.56. The summed E-state index contributed by atoms with van der Waals surface area (Å²) in [7, 11) is 1.70. The monoisotopic (exact) mass is 342 g/mol. The third-order valence-electron chi connectivity index (χ3n) is 4.24. The molecule has 3 rings (SSSR count). The Morgan fingerprint density at radius 2 is 1.92 bits per heavy atom. The molecule has 0 bridgehead atoms. The maximum atomic E-state index is 5.64. The topological polar surface area (TPSA) is 59.5 Å². The summed E-state index contributed by atoms with van der Waals surface area (Å²) in [4.78, 5) is 11.1. The number of methoxy groups -OCH3 is 1. The Morgan fingerprint density at radius 3 is 2.64 bits per heavy atom. The molecule has 1 saturated heterocycles. The van der Waals surface area contributed by atoms with E-state index in [1.807, 2.05) is 32.0 Å². The van der Waals surface area contributed by atoms with Crippen LogP contribution in [0, 0.1) is 0 Å². The molecule has 0 radical (unpaired) electrons. The second-order valence-electron chi connectivity index (χ2n) is 6.49. The molecule has 0 aliphatic carbocycles. The minimum Gasteiger partial charge on any atom is -0.495 e. The first kappa shape index (κ1) is 17.3. The lowest BCUT2D eigenvalue weighted by Gasteiger charge is -2.33. The zero-order valence-corrected chi connectivity index (χ0v) is 15.1. The second-order valence-corrected chi connectivity index (χ2v) is 6.49. The third-order valence-corrected chi connectivity index (χ3v) is 4.24. The lowest BCUT2D eigenvalue weighted by atomic mass is 10.0. The molecule has 1 fully saturated rings. The van der Waals surface area contributed by atoms with E-state index in [0.717, 1.165) is 43.2 Å². The first-order chi connectivity index (χ1) is 12.2. The van der Waals surface area contributed by atoms with Gasteiger partial charge < -0.3 is 19.7 Å². The highest BCUT2D eigenvalue weighted by Crippen LogP contribution is 2.27. The van der Waals surface area contributed by atoms with Gasteiger partial charge in [0, 0.05) is 19.1 Å². The fraction of sp³-hybridized carbons (Fsp3) is 0.474. The van der Waals surface area contributed by atoms with Crippen molar-refractivity contribution < 1.29 is 9.47 Å². The summed E-state index contributed by atoms with van der Waals surface area (Å²) in [5, 5.41) is 3.60. The van der Waals surface area contributed by atoms with Gasteiger partial charge in [0.05, 0.1) is 31.3 Å². The van der Waals surface area contributed by atoms with E-state index in [2.05, 4.69) is 26.3 Å². The van der Waals surface area contributed by atoms with Crippen molar-refractivity contribution in [3.8, 4) is 11.6 Å². The van der Waals surface area contributed by atoms with Gasteiger partial charge in [0.25, 0.3) is 0 Å². The number of benzene rings is 1. The molecule has 2 aromatic rings. The van der Waals surface area contributed by atoms with E-state index in [4.69, 9.17) is 9.47 Å². The molecule has 25 heavy (non-hydrogen) atoms. The number of ether oxygens (including phenoxy) is 2. The molecule has 0 saturated carbocycles. The molecule has 1 aliphatic heterocycles. The van der Waals surface area contributed by atoms with Gasteiger partial charge in [-0.1, -0.05) is 12.1 Å². The number of nitrogens with one attached hydrogen (secondary N) is 1. The van der Waals surface area contributed by atoms with Gasteiger partial charge in [-0.2, -0.15) is 4.98 Å². The zero-order valence-electron chi connectivity index (χ0n) is 15.1. The van der Waals surface area contributed by atoms with E-state index in [0.29, 0.717) is 11.9 Å². The van der Waals surface area contributed by atoms with E-state index in [1.165, 1.54) is 0 Å². The quantitative estimate of drug-likeness (QED) is 0.869. The van der Waals surface area contributed by atoms with Gasteiger partial charge in [-0.25, -0.2) is 0 Å². The number of aromatic nitrogens is 2. The Kier molecular flexibility index (Phi) is 5.58. The Hall–Kier alpha value is -2.50. The van der Waals surface area contributed by atoms with Crippen molar-refractivity contribution in [1.82, 2.24) is 9.97 Å². The lowest BCUT2D eigenvalue weighted by molar-refractivity contribution is 0.231. The van der Waals surface area contributed by atoms with Crippen LogP contribution >= 0.6 is 0 Å². The van der Waals surface area contributed by atoms with Gasteiger partial charge in [0.2, 0.25) is 5.88 Å². The van der Waals surface area contributed by atoms with Gasteiger partial charge >= 0.3 is 0 Å². The van der Waals surface area contributed by atoms with Gasteiger partial charge in [0.1, 0.15) is 5.75 Å². The minimum absolute atomic E-state index is 0.0975. The zero-order chi connectivity index (χ0) is 17.6. The van der Waals surface area contributed by atoms with E-state index >= 15 is 0 Å². The van der Waals surface area contributed by atoms with Gasteiger partial charge in [0.15, 0.2) is 5.82 Å². The molecule has 0 amide bonds. The van der Waals surface area contributed by atoms with Crippen LogP contribution < -0.4 is 19.7 Å². The second kappa shape index (κ2) is 8.05. The maximum absolute atomic E-state index is 5.64. The van der Waals surface area contributed by atoms with Crippen molar-refractivity contribution in [2.75, 3.05) is 30.4 Å². The molecule has 6 heteroatoms. The molecule has 134 valence electrons. The largest absolute Gasteiger partial charge is 0.495 e. The Bertz CT molecular complexity index is 685. The molecule has 0 spiro atoms. The first-order valence-electron chi connectivity index (χ1n) is 8.79. The predicted octanol–water partition coefficient (Wildman–Crippen LogP) is 3.35. The van der Waals surface area contributed by atoms with Crippen LogP contribution in [0.3, 0.4) is 0 Å². The number of piperidine rings is 1. The highest BCUT2D eigenvalue weighted by atomic mass is 16.5. The molecule has 1 aliphatic rings. The molecule has 0 unspecified atom stereocenters. The molecular weight excluding hydrogens is 316 g/mol. The van der Waals surface area contributed by atoms with Crippen molar-refractivity contribution in [3.63, 3.8) is 0 Å². The summed E-state index contributed by atoms with van der Waals surface area (Å²) in [5.74, 6) is 2.35. The number of para-hydroxylation sites is 2. The van der Waals surface area contributed by atoms with Crippen LogP contribution in [0.5, 0.6) is 11.6 Å². The number of rotatable bonds is 6. The predicted molar refractivity (Wildman–Crippen MR) is 99.6 cm³/mol. The van der Waals surface area contributed by atoms with Crippen LogP contribution in [-0.4, -0.2) is 42.3 Å². The Labute approximate surface area is 149 Å². The van der Waals surface area contributed by atoms with Gasteiger partial charge in [-0.3, -0.25) is 4.98 Å². The first-order valence-corrected chi connectivity index (χ1v) is 8.79. The summed E-state index contributed by atoms with van der Waals surface area (Å²) in [6.45, 7) is 5.85. The minimum atomic E-state index is 0.0975. The van der Waals surface area contributed by atoms with E-state index < -0.39 is 0 Å². The molecular formula is C19H26N4O2. The molecule has 1 N–H and O–H groups in total. The molecule has 6 nitrogen and oxygen atoms in total. The molecule has 2 heterocycles. The van der Waals surface area contributed by atoms with Crippen LogP contribution in [0.15, 0.2) is 36.7 Å². The van der Waals surface area contributed by atoms with Gasteiger partial charge in [-0.15, -0.1) is 0 Å². The van der Waals surface area contributed by atoms with Crippen LogP contribution in [0.2, 0.25) is 0 Å². The summed E-state index contributed by atoms with van der Waals surface area (Å²) in [6.07, 6.45) is 5.64. The van der Waals surface area contributed by atoms with E-state index in [1.54, 1.807) is 19.5 Å². The molecule has 1 aromatic carbocycles. The summed E-state index contributed by atoms with van der Waals surface area (Å²) < 4.78 is 11.1. The van der Waals surface area contributed by atoms with E-state index in [-0.39, 0.29) is 6.10 Å². The summed E-state index contributed by atoms with van der Waals surface area (Å²) in [5.41, 5.74) is 1.05. The fourth-order valence-electron chi connectivity index (χ4n) is 3.03. The van der Waals surface area contributed by atoms with Crippen molar-refractivity contribution >= 4 is 11.5 Å². The van der Waals surface area contributed by atoms with Crippen LogP contribution in [-0.2, 0) is 0 Å². The number of hydrogen-bond acceptors (Lipinski definition) is 6. The Morgan fingerprint density at radius 1 is 1.16 bits per heavy atom. The lowest BCUT2D eigenvalue weighted by Crippen LogP contribution is -2.39. The molecule has 0 atom stereocenters. The van der Waals surface area contributed by atoms with Crippen molar-refractivity contribution in [3.05, 3.63) is 36.7 Å². The van der Waals surface area contributed by atoms with Crippen molar-refractivity contribution in [2.24, 2.45) is 0 Å². The van der Waals surface area contributed by atoms with Crippen molar-refractivity contribution in [1.29, 1.82) is 0 Å². The number of anilines is 2. The highest BCUT2D eigenvalue weighted by Gasteiger charge is 2.21. The van der Waals surface area contributed by atoms with Crippen LogP contribution in [0.25, 0.3) is 0 Å². The van der Waals surface area contributed by atoms with Crippen molar-refractivity contribution in [2.45, 2.75) is 38.8 Å². The van der Waals surface area contributed by atoms with Crippen LogP contribution in [0.1, 0.15) is 26.7 Å². The third kappa shape index (κ3) is 4.53. The fourth-order valence-corrected chi connectivity index (χ4v) is 3.03. The average molecular weight is 342 g/mol. The maximum Gasteiger partial charge on any atom is 0.234 e. The SMILES string of the molecule is COc1ccccc1NC1CCN(c2cncc(OC(C)C)n2)CC1. The Balaban J connectivity index is 1.58. The van der Waals surface area contributed by atoms with E-state index in [9.17, 15) is 0 Å². The normalized spacial score (nSPS) is 15.3.